The summed E-state index contributed by atoms with van der Waals surface area (Å²) in [6.45, 7) is 3.49. The van der Waals surface area contributed by atoms with Crippen LogP contribution in [0.3, 0.4) is 0 Å². The van der Waals surface area contributed by atoms with Crippen molar-refractivity contribution < 1.29 is 28.7 Å². The first kappa shape index (κ1) is 20.9. The summed E-state index contributed by atoms with van der Waals surface area (Å²) in [6.07, 6.45) is -0.0538. The summed E-state index contributed by atoms with van der Waals surface area (Å²) >= 11 is 0. The van der Waals surface area contributed by atoms with Crippen molar-refractivity contribution in [2.75, 3.05) is 19.8 Å². The molecule has 0 bridgehead atoms. The number of aryl methyl sites for hydroxylation is 1. The van der Waals surface area contributed by atoms with Crippen LogP contribution in [-0.2, 0) is 9.53 Å². The fraction of sp³-hybridized carbons (Fsp3) is 0.300. The molecule has 0 atom stereocenters. The van der Waals surface area contributed by atoms with E-state index in [0.29, 0.717) is 23.7 Å². The zero-order valence-electron chi connectivity index (χ0n) is 15.7. The molecule has 2 aromatic carbocycles. The molecule has 0 saturated heterocycles. The largest absolute Gasteiger partial charge is 0.490 e. The molecule has 0 heterocycles. The van der Waals surface area contributed by atoms with Crippen molar-refractivity contribution >= 4 is 17.4 Å². The van der Waals surface area contributed by atoms with Crippen molar-refractivity contribution in [2.24, 2.45) is 0 Å². The number of nitro groups is 1. The molecule has 0 fully saturated rings. The lowest BCUT2D eigenvalue weighted by molar-refractivity contribution is -0.385. The first-order valence-electron chi connectivity index (χ1n) is 8.70. The Morgan fingerprint density at radius 3 is 2.39 bits per heavy atom. The lowest BCUT2D eigenvalue weighted by atomic mass is 10.1. The van der Waals surface area contributed by atoms with Gasteiger partial charge in [0.25, 0.3) is 5.69 Å². The molecular formula is C20H21NO7. The summed E-state index contributed by atoms with van der Waals surface area (Å²) in [5.74, 6) is -0.0300. The predicted molar refractivity (Wildman–Crippen MR) is 101 cm³/mol. The summed E-state index contributed by atoms with van der Waals surface area (Å²) in [7, 11) is 0. The second-order valence-corrected chi connectivity index (χ2v) is 5.82. The SMILES string of the molecule is CCOc1ccccc1OCCC(=O)OCC(=O)c1ccc(C)c([N+](=O)[O-])c1. The molecule has 0 radical (unpaired) electrons. The Hall–Kier alpha value is -3.42. The van der Waals surface area contributed by atoms with E-state index in [9.17, 15) is 19.7 Å². The number of hydrogen-bond donors (Lipinski definition) is 0. The third-order valence-electron chi connectivity index (χ3n) is 3.80. The number of ketones is 1. The minimum atomic E-state index is -0.608. The molecule has 0 aromatic heterocycles. The number of benzene rings is 2. The van der Waals surface area contributed by atoms with E-state index in [2.05, 4.69) is 0 Å². The van der Waals surface area contributed by atoms with E-state index in [0.717, 1.165) is 0 Å². The number of para-hydroxylation sites is 2. The molecule has 148 valence electrons. The van der Waals surface area contributed by atoms with Gasteiger partial charge in [-0.2, -0.15) is 0 Å². The fourth-order valence-electron chi connectivity index (χ4n) is 2.37. The number of nitro benzene ring substituents is 1. The van der Waals surface area contributed by atoms with E-state index in [1.807, 2.05) is 13.0 Å². The van der Waals surface area contributed by atoms with Crippen molar-refractivity contribution in [1.29, 1.82) is 0 Å². The van der Waals surface area contributed by atoms with E-state index in [-0.39, 0.29) is 24.3 Å². The lowest BCUT2D eigenvalue weighted by Crippen LogP contribution is -2.16. The number of ether oxygens (including phenoxy) is 3. The Morgan fingerprint density at radius 2 is 1.75 bits per heavy atom. The lowest BCUT2D eigenvalue weighted by Gasteiger charge is -2.11. The van der Waals surface area contributed by atoms with E-state index in [4.69, 9.17) is 14.2 Å². The summed E-state index contributed by atoms with van der Waals surface area (Å²) in [5, 5.41) is 10.9. The predicted octanol–water partition coefficient (Wildman–Crippen LogP) is 3.50. The molecule has 0 aliphatic carbocycles. The zero-order chi connectivity index (χ0) is 20.5. The van der Waals surface area contributed by atoms with Gasteiger partial charge >= 0.3 is 5.97 Å². The Kier molecular flexibility index (Phi) is 7.50. The van der Waals surface area contributed by atoms with Gasteiger partial charge in [0.1, 0.15) is 0 Å². The molecule has 0 aliphatic rings. The Balaban J connectivity index is 1.82. The molecule has 0 amide bonds. The van der Waals surface area contributed by atoms with Gasteiger partial charge in [0, 0.05) is 17.2 Å². The molecule has 8 heteroatoms. The van der Waals surface area contributed by atoms with Crippen LogP contribution in [0.25, 0.3) is 0 Å². The topological polar surface area (TPSA) is 105 Å². The van der Waals surface area contributed by atoms with E-state index < -0.39 is 23.3 Å². The molecule has 0 spiro atoms. The fourth-order valence-corrected chi connectivity index (χ4v) is 2.37. The second-order valence-electron chi connectivity index (χ2n) is 5.82. The normalized spacial score (nSPS) is 10.2. The molecule has 0 N–H and O–H groups in total. The standard InChI is InChI=1S/C20H21NO7/c1-3-26-18-6-4-5-7-19(18)27-11-10-20(23)28-13-17(22)15-9-8-14(2)16(12-15)21(24)25/h4-9,12H,3,10-11,13H2,1-2H3. The summed E-state index contributed by atoms with van der Waals surface area (Å²) in [6, 6.07) is 11.2. The van der Waals surface area contributed by atoms with Crippen LogP contribution in [0, 0.1) is 17.0 Å². The summed E-state index contributed by atoms with van der Waals surface area (Å²) in [5.41, 5.74) is 0.411. The highest BCUT2D eigenvalue weighted by atomic mass is 16.6. The van der Waals surface area contributed by atoms with Crippen LogP contribution in [-0.4, -0.2) is 36.5 Å². The number of nitrogens with zero attached hydrogens (tertiary/aromatic N) is 1. The number of carbonyl (C=O) groups is 2. The number of esters is 1. The Morgan fingerprint density at radius 1 is 1.07 bits per heavy atom. The van der Waals surface area contributed by atoms with Crippen molar-refractivity contribution in [3.8, 4) is 11.5 Å². The number of hydrogen-bond acceptors (Lipinski definition) is 7. The van der Waals surface area contributed by atoms with Gasteiger partial charge in [0.15, 0.2) is 18.1 Å². The Labute approximate surface area is 162 Å². The Bertz CT molecular complexity index is 863. The van der Waals surface area contributed by atoms with Gasteiger partial charge in [-0.15, -0.1) is 0 Å². The third kappa shape index (κ3) is 5.80. The van der Waals surface area contributed by atoms with E-state index >= 15 is 0 Å². The molecule has 2 rings (SSSR count). The van der Waals surface area contributed by atoms with Crippen molar-refractivity contribution in [3.05, 3.63) is 63.7 Å². The van der Waals surface area contributed by atoms with Crippen molar-refractivity contribution in [3.63, 3.8) is 0 Å². The number of Topliss-reactive ketones (excluding diaryl/α,β-unsaturated/α-hetero) is 1. The van der Waals surface area contributed by atoms with Gasteiger partial charge < -0.3 is 14.2 Å². The molecule has 8 nitrogen and oxygen atoms in total. The quantitative estimate of drug-likeness (QED) is 0.266. The van der Waals surface area contributed by atoms with Gasteiger partial charge in [0.05, 0.1) is 24.6 Å². The molecule has 0 unspecified atom stereocenters. The number of carbonyl (C=O) groups excluding carboxylic acids is 2. The average molecular weight is 387 g/mol. The highest BCUT2D eigenvalue weighted by Crippen LogP contribution is 2.26. The van der Waals surface area contributed by atoms with Gasteiger partial charge in [-0.3, -0.25) is 19.7 Å². The van der Waals surface area contributed by atoms with Crippen LogP contribution in [0.1, 0.15) is 29.3 Å². The van der Waals surface area contributed by atoms with Crippen LogP contribution in [0.5, 0.6) is 11.5 Å². The molecule has 2 aromatic rings. The van der Waals surface area contributed by atoms with Crippen LogP contribution in [0.15, 0.2) is 42.5 Å². The molecule has 0 saturated carbocycles. The van der Waals surface area contributed by atoms with Crippen LogP contribution >= 0.6 is 0 Å². The van der Waals surface area contributed by atoms with Gasteiger partial charge in [0.2, 0.25) is 5.78 Å². The van der Waals surface area contributed by atoms with Crippen LogP contribution in [0.4, 0.5) is 5.69 Å². The highest BCUT2D eigenvalue weighted by molar-refractivity contribution is 5.98. The minimum absolute atomic E-state index is 0.0538. The maximum atomic E-state index is 12.1. The molecule has 28 heavy (non-hydrogen) atoms. The van der Waals surface area contributed by atoms with Crippen LogP contribution in [0.2, 0.25) is 0 Å². The first-order chi connectivity index (χ1) is 13.4. The van der Waals surface area contributed by atoms with E-state index in [1.165, 1.54) is 18.2 Å². The van der Waals surface area contributed by atoms with Crippen molar-refractivity contribution in [2.45, 2.75) is 20.3 Å². The van der Waals surface area contributed by atoms with Gasteiger partial charge in [-0.05, 0) is 26.0 Å². The first-order valence-corrected chi connectivity index (χ1v) is 8.70. The maximum Gasteiger partial charge on any atom is 0.309 e. The maximum absolute atomic E-state index is 12.1. The monoisotopic (exact) mass is 387 g/mol. The van der Waals surface area contributed by atoms with Crippen LogP contribution < -0.4 is 9.47 Å². The average Bonchev–Trinajstić information content (AvgIpc) is 2.67. The highest BCUT2D eigenvalue weighted by Gasteiger charge is 2.16. The minimum Gasteiger partial charge on any atom is -0.490 e. The summed E-state index contributed by atoms with van der Waals surface area (Å²) in [4.78, 5) is 34.3. The zero-order valence-corrected chi connectivity index (χ0v) is 15.7. The molecule has 0 aliphatic heterocycles. The van der Waals surface area contributed by atoms with Gasteiger partial charge in [-0.1, -0.05) is 24.3 Å². The van der Waals surface area contributed by atoms with Crippen molar-refractivity contribution in [1.82, 2.24) is 0 Å². The second kappa shape index (κ2) is 10.1. The number of rotatable bonds is 10. The van der Waals surface area contributed by atoms with Gasteiger partial charge in [-0.25, -0.2) is 0 Å². The summed E-state index contributed by atoms with van der Waals surface area (Å²) < 4.78 is 15.9. The third-order valence-corrected chi connectivity index (χ3v) is 3.80. The molecular weight excluding hydrogens is 366 g/mol. The van der Waals surface area contributed by atoms with E-state index in [1.54, 1.807) is 25.1 Å². The smallest absolute Gasteiger partial charge is 0.309 e.